The number of hydrogen-bond donors (Lipinski definition) is 1. The minimum Gasteiger partial charge on any atom is -0.379 e. The van der Waals surface area contributed by atoms with Gasteiger partial charge in [-0.25, -0.2) is 0 Å². The molecule has 1 aliphatic rings. The second-order valence-electron chi connectivity index (χ2n) is 5.71. The van der Waals surface area contributed by atoms with Crippen LogP contribution >= 0.6 is 11.3 Å². The number of morpholine rings is 1. The lowest BCUT2D eigenvalue weighted by molar-refractivity contribution is 0.0162. The van der Waals surface area contributed by atoms with Gasteiger partial charge in [-0.2, -0.15) is 4.98 Å². The Morgan fingerprint density at radius 2 is 2.22 bits per heavy atom. The molecule has 0 spiro atoms. The zero-order valence-corrected chi connectivity index (χ0v) is 14.5. The standard InChI is InChI=1S/C16H24N4O2S/c1-3-15-18-16(22-19-15)12(2)17-11-13(14-5-4-10-23-14)20-6-8-21-9-7-20/h4-5,10,12-13,17H,3,6-9,11H2,1-2H3. The molecule has 126 valence electrons. The summed E-state index contributed by atoms with van der Waals surface area (Å²) >= 11 is 1.81. The van der Waals surface area contributed by atoms with Gasteiger partial charge in [0.2, 0.25) is 5.89 Å². The molecule has 7 heteroatoms. The van der Waals surface area contributed by atoms with Gasteiger partial charge in [0.15, 0.2) is 5.82 Å². The zero-order valence-electron chi connectivity index (χ0n) is 13.7. The van der Waals surface area contributed by atoms with Crippen molar-refractivity contribution in [3.8, 4) is 0 Å². The second-order valence-corrected chi connectivity index (χ2v) is 6.69. The Morgan fingerprint density at radius 3 is 2.87 bits per heavy atom. The fourth-order valence-corrected chi connectivity index (χ4v) is 3.60. The van der Waals surface area contributed by atoms with Gasteiger partial charge in [0.05, 0.1) is 25.3 Å². The summed E-state index contributed by atoms with van der Waals surface area (Å²) < 4.78 is 10.8. The van der Waals surface area contributed by atoms with E-state index in [4.69, 9.17) is 9.26 Å². The lowest BCUT2D eigenvalue weighted by atomic mass is 10.1. The van der Waals surface area contributed by atoms with Gasteiger partial charge in [-0.3, -0.25) is 4.90 Å². The molecule has 3 rings (SSSR count). The van der Waals surface area contributed by atoms with Crippen LogP contribution in [0.4, 0.5) is 0 Å². The molecule has 1 N–H and O–H groups in total. The van der Waals surface area contributed by atoms with Crippen molar-refractivity contribution in [2.75, 3.05) is 32.8 Å². The van der Waals surface area contributed by atoms with Crippen molar-refractivity contribution in [1.82, 2.24) is 20.4 Å². The molecule has 1 fully saturated rings. The number of ether oxygens (including phenoxy) is 1. The van der Waals surface area contributed by atoms with Gasteiger partial charge in [-0.05, 0) is 18.4 Å². The summed E-state index contributed by atoms with van der Waals surface area (Å²) in [6.45, 7) is 8.50. The monoisotopic (exact) mass is 336 g/mol. The third-order valence-electron chi connectivity index (χ3n) is 4.15. The smallest absolute Gasteiger partial charge is 0.243 e. The van der Waals surface area contributed by atoms with Gasteiger partial charge >= 0.3 is 0 Å². The fraction of sp³-hybridized carbons (Fsp3) is 0.625. The molecule has 23 heavy (non-hydrogen) atoms. The first-order valence-corrected chi connectivity index (χ1v) is 9.07. The molecule has 1 saturated heterocycles. The first-order valence-electron chi connectivity index (χ1n) is 8.19. The molecule has 0 aromatic carbocycles. The van der Waals surface area contributed by atoms with E-state index in [0.29, 0.717) is 11.9 Å². The van der Waals surface area contributed by atoms with E-state index < -0.39 is 0 Å². The number of aryl methyl sites for hydroxylation is 1. The summed E-state index contributed by atoms with van der Waals surface area (Å²) in [6.07, 6.45) is 0.793. The van der Waals surface area contributed by atoms with Crippen molar-refractivity contribution >= 4 is 11.3 Å². The van der Waals surface area contributed by atoms with Gasteiger partial charge in [-0.1, -0.05) is 18.1 Å². The van der Waals surface area contributed by atoms with Crippen LogP contribution in [0.15, 0.2) is 22.0 Å². The first-order chi connectivity index (χ1) is 11.3. The second kappa shape index (κ2) is 8.01. The molecule has 3 heterocycles. The molecule has 0 aliphatic carbocycles. The number of nitrogens with zero attached hydrogens (tertiary/aromatic N) is 3. The van der Waals surface area contributed by atoms with Crippen molar-refractivity contribution in [2.45, 2.75) is 32.4 Å². The van der Waals surface area contributed by atoms with Gasteiger partial charge in [-0.15, -0.1) is 11.3 Å². The molecule has 0 saturated carbocycles. The summed E-state index contributed by atoms with van der Waals surface area (Å²) in [5.41, 5.74) is 0. The van der Waals surface area contributed by atoms with E-state index in [1.807, 2.05) is 6.92 Å². The molecular formula is C16H24N4O2S. The topological polar surface area (TPSA) is 63.4 Å². The van der Waals surface area contributed by atoms with Crippen LogP contribution in [0.25, 0.3) is 0 Å². The van der Waals surface area contributed by atoms with Gasteiger partial charge in [0, 0.05) is 30.9 Å². The molecule has 2 unspecified atom stereocenters. The molecule has 0 bridgehead atoms. The molecule has 0 amide bonds. The molecule has 2 aromatic rings. The Hall–Kier alpha value is -1.28. The van der Waals surface area contributed by atoms with Crippen molar-refractivity contribution in [1.29, 1.82) is 0 Å². The van der Waals surface area contributed by atoms with Crippen molar-refractivity contribution in [2.24, 2.45) is 0 Å². The average molecular weight is 336 g/mol. The maximum Gasteiger partial charge on any atom is 0.243 e. The third kappa shape index (κ3) is 4.17. The number of nitrogens with one attached hydrogen (secondary N) is 1. The van der Waals surface area contributed by atoms with Crippen LogP contribution in [-0.4, -0.2) is 47.9 Å². The first kappa shape index (κ1) is 16.6. The van der Waals surface area contributed by atoms with Crippen LogP contribution in [-0.2, 0) is 11.2 Å². The van der Waals surface area contributed by atoms with Gasteiger partial charge < -0.3 is 14.6 Å². The predicted molar refractivity (Wildman–Crippen MR) is 89.5 cm³/mol. The summed E-state index contributed by atoms with van der Waals surface area (Å²) in [6, 6.07) is 4.72. The largest absolute Gasteiger partial charge is 0.379 e. The lowest BCUT2D eigenvalue weighted by Gasteiger charge is -2.34. The Balaban J connectivity index is 1.63. The summed E-state index contributed by atoms with van der Waals surface area (Å²) in [4.78, 5) is 8.28. The third-order valence-corrected chi connectivity index (χ3v) is 5.12. The Morgan fingerprint density at radius 1 is 1.39 bits per heavy atom. The average Bonchev–Trinajstić information content (AvgIpc) is 3.27. The summed E-state index contributed by atoms with van der Waals surface area (Å²) in [5.74, 6) is 1.42. The van der Waals surface area contributed by atoms with Crippen LogP contribution < -0.4 is 5.32 Å². The molecule has 2 aromatic heterocycles. The summed E-state index contributed by atoms with van der Waals surface area (Å²) in [7, 11) is 0. The Bertz CT molecular complexity index is 581. The van der Waals surface area contributed by atoms with Crippen molar-refractivity contribution < 1.29 is 9.26 Å². The van der Waals surface area contributed by atoms with Crippen molar-refractivity contribution in [3.63, 3.8) is 0 Å². The van der Waals surface area contributed by atoms with Crippen molar-refractivity contribution in [3.05, 3.63) is 34.1 Å². The van der Waals surface area contributed by atoms with E-state index in [2.05, 4.69) is 44.8 Å². The highest BCUT2D eigenvalue weighted by atomic mass is 32.1. The van der Waals surface area contributed by atoms with E-state index in [9.17, 15) is 0 Å². The highest BCUT2D eigenvalue weighted by molar-refractivity contribution is 7.10. The van der Waals surface area contributed by atoms with Gasteiger partial charge in [0.25, 0.3) is 0 Å². The van der Waals surface area contributed by atoms with E-state index in [1.54, 1.807) is 11.3 Å². The number of thiophene rings is 1. The maximum absolute atomic E-state index is 5.49. The number of hydrogen-bond acceptors (Lipinski definition) is 7. The minimum absolute atomic E-state index is 0.0475. The van der Waals surface area contributed by atoms with Gasteiger partial charge in [0.1, 0.15) is 0 Å². The Kier molecular flexibility index (Phi) is 5.77. The van der Waals surface area contributed by atoms with E-state index in [-0.39, 0.29) is 6.04 Å². The normalized spacial score (nSPS) is 18.9. The van der Waals surface area contributed by atoms with Crippen LogP contribution in [0, 0.1) is 0 Å². The lowest BCUT2D eigenvalue weighted by Crippen LogP contribution is -2.42. The van der Waals surface area contributed by atoms with E-state index >= 15 is 0 Å². The highest BCUT2D eigenvalue weighted by Crippen LogP contribution is 2.26. The fourth-order valence-electron chi connectivity index (χ4n) is 2.74. The number of aromatic nitrogens is 2. The molecule has 6 nitrogen and oxygen atoms in total. The highest BCUT2D eigenvalue weighted by Gasteiger charge is 2.24. The van der Waals surface area contributed by atoms with Crippen LogP contribution in [0.5, 0.6) is 0 Å². The maximum atomic E-state index is 5.49. The minimum atomic E-state index is 0.0475. The predicted octanol–water partition coefficient (Wildman–Crippen LogP) is 2.42. The molecular weight excluding hydrogens is 312 g/mol. The van der Waals surface area contributed by atoms with Crippen LogP contribution in [0.3, 0.4) is 0 Å². The molecule has 0 radical (unpaired) electrons. The quantitative estimate of drug-likeness (QED) is 0.838. The Labute approximate surface area is 140 Å². The molecule has 2 atom stereocenters. The molecule has 1 aliphatic heterocycles. The van der Waals surface area contributed by atoms with Crippen LogP contribution in [0.1, 0.15) is 42.5 Å². The zero-order chi connectivity index (χ0) is 16.1. The van der Waals surface area contributed by atoms with E-state index in [0.717, 1.165) is 45.1 Å². The van der Waals surface area contributed by atoms with E-state index in [1.165, 1.54) is 4.88 Å². The van der Waals surface area contributed by atoms with Crippen LogP contribution in [0.2, 0.25) is 0 Å². The SMILES string of the molecule is CCc1noc(C(C)NCC(c2cccs2)N2CCOCC2)n1. The number of rotatable bonds is 7. The summed E-state index contributed by atoms with van der Waals surface area (Å²) in [5, 5.41) is 9.66.